The summed E-state index contributed by atoms with van der Waals surface area (Å²) in [5.41, 5.74) is -0.389. The monoisotopic (exact) mass is 254 g/mol. The molecular weight excluding hydrogens is 244 g/mol. The minimum atomic E-state index is -3.79. The fourth-order valence-electron chi connectivity index (χ4n) is 1.62. The average Bonchev–Trinajstić information content (AvgIpc) is 2.83. The number of nitro benzene ring substituents is 1. The van der Waals surface area contributed by atoms with Gasteiger partial charge in [-0.1, -0.05) is 24.3 Å². The van der Waals surface area contributed by atoms with Crippen molar-refractivity contribution < 1.29 is 13.3 Å². The molecule has 90 valence electrons. The first-order chi connectivity index (χ1) is 8.03. The van der Waals surface area contributed by atoms with Gasteiger partial charge in [0, 0.05) is 19.2 Å². The SMILES string of the molecule is O=[N+]([O-])c1ccccc1S(=O)(=O)N1CC=CC1. The predicted molar refractivity (Wildman–Crippen MR) is 61.0 cm³/mol. The molecule has 0 unspecified atom stereocenters. The van der Waals surface area contributed by atoms with Crippen LogP contribution < -0.4 is 0 Å². The van der Waals surface area contributed by atoms with Gasteiger partial charge in [-0.3, -0.25) is 10.1 Å². The second-order valence-electron chi connectivity index (χ2n) is 3.52. The number of nitrogens with zero attached hydrogens (tertiary/aromatic N) is 2. The minimum absolute atomic E-state index is 0.256. The fraction of sp³-hybridized carbons (Fsp3) is 0.200. The molecule has 6 nitrogen and oxygen atoms in total. The normalized spacial score (nSPS) is 16.2. The van der Waals surface area contributed by atoms with E-state index in [1.165, 1.54) is 28.6 Å². The summed E-state index contributed by atoms with van der Waals surface area (Å²) < 4.78 is 25.5. The largest absolute Gasteiger partial charge is 0.289 e. The van der Waals surface area contributed by atoms with Crippen LogP contribution in [0, 0.1) is 10.1 Å². The summed E-state index contributed by atoms with van der Waals surface area (Å²) in [4.78, 5) is 9.85. The van der Waals surface area contributed by atoms with Crippen molar-refractivity contribution in [2.75, 3.05) is 13.1 Å². The molecule has 1 heterocycles. The Balaban J connectivity index is 2.50. The van der Waals surface area contributed by atoms with Gasteiger partial charge in [-0.25, -0.2) is 8.42 Å². The van der Waals surface area contributed by atoms with Gasteiger partial charge in [-0.05, 0) is 6.07 Å². The van der Waals surface area contributed by atoms with Gasteiger partial charge >= 0.3 is 0 Å². The summed E-state index contributed by atoms with van der Waals surface area (Å²) in [6.07, 6.45) is 3.43. The van der Waals surface area contributed by atoms with E-state index in [-0.39, 0.29) is 23.7 Å². The molecule has 0 spiro atoms. The van der Waals surface area contributed by atoms with Gasteiger partial charge in [0.25, 0.3) is 5.69 Å². The summed E-state index contributed by atoms with van der Waals surface area (Å²) in [6, 6.07) is 5.37. The molecule has 0 saturated heterocycles. The lowest BCUT2D eigenvalue weighted by molar-refractivity contribution is -0.387. The molecule has 17 heavy (non-hydrogen) atoms. The van der Waals surface area contributed by atoms with Crippen LogP contribution in [0.2, 0.25) is 0 Å². The first kappa shape index (κ1) is 11.7. The van der Waals surface area contributed by atoms with Crippen LogP contribution in [0.15, 0.2) is 41.3 Å². The second kappa shape index (κ2) is 4.27. The standard InChI is InChI=1S/C10H10N2O4S/c13-12(14)9-5-1-2-6-10(9)17(15,16)11-7-3-4-8-11/h1-6H,7-8H2. The molecule has 0 bridgehead atoms. The van der Waals surface area contributed by atoms with E-state index < -0.39 is 14.9 Å². The molecular formula is C10H10N2O4S. The molecule has 1 aliphatic heterocycles. The van der Waals surface area contributed by atoms with E-state index in [2.05, 4.69) is 0 Å². The maximum atomic E-state index is 12.1. The third-order valence-corrected chi connectivity index (χ3v) is 4.34. The number of hydrogen-bond donors (Lipinski definition) is 0. The number of sulfonamides is 1. The molecule has 1 aliphatic rings. The van der Waals surface area contributed by atoms with Gasteiger partial charge in [-0.2, -0.15) is 4.31 Å². The van der Waals surface area contributed by atoms with E-state index in [1.54, 1.807) is 12.2 Å². The Morgan fingerprint density at radius 1 is 1.18 bits per heavy atom. The first-order valence-electron chi connectivity index (χ1n) is 4.92. The third kappa shape index (κ3) is 2.06. The van der Waals surface area contributed by atoms with Gasteiger partial charge < -0.3 is 0 Å². The van der Waals surface area contributed by atoms with Gasteiger partial charge in [0.15, 0.2) is 4.90 Å². The Hall–Kier alpha value is -1.73. The predicted octanol–water partition coefficient (Wildman–Crippen LogP) is 1.16. The third-order valence-electron chi connectivity index (χ3n) is 2.46. The maximum Gasteiger partial charge on any atom is 0.289 e. The van der Waals surface area contributed by atoms with Crippen LogP contribution in [0.25, 0.3) is 0 Å². The quantitative estimate of drug-likeness (QED) is 0.460. The van der Waals surface area contributed by atoms with E-state index in [1.807, 2.05) is 0 Å². The molecule has 0 N–H and O–H groups in total. The summed E-state index contributed by atoms with van der Waals surface area (Å²) in [7, 11) is -3.79. The van der Waals surface area contributed by atoms with Crippen LogP contribution in [0.3, 0.4) is 0 Å². The Labute approximate surface area is 98.4 Å². The second-order valence-corrected chi connectivity index (χ2v) is 5.42. The van der Waals surface area contributed by atoms with Crippen molar-refractivity contribution >= 4 is 15.7 Å². The van der Waals surface area contributed by atoms with Crippen LogP contribution >= 0.6 is 0 Å². The lowest BCUT2D eigenvalue weighted by Gasteiger charge is -2.15. The molecule has 1 aromatic rings. The molecule has 7 heteroatoms. The lowest BCUT2D eigenvalue weighted by atomic mass is 10.3. The molecule has 0 saturated carbocycles. The van der Waals surface area contributed by atoms with Crippen LogP contribution in [-0.4, -0.2) is 30.7 Å². The number of hydrogen-bond acceptors (Lipinski definition) is 4. The molecule has 0 aromatic heterocycles. The number of nitro groups is 1. The summed E-state index contributed by atoms with van der Waals surface area (Å²) in [6.45, 7) is 0.517. The number of rotatable bonds is 3. The average molecular weight is 254 g/mol. The minimum Gasteiger partial charge on any atom is -0.258 e. The lowest BCUT2D eigenvalue weighted by Crippen LogP contribution is -2.28. The zero-order valence-electron chi connectivity index (χ0n) is 8.81. The molecule has 0 aliphatic carbocycles. The maximum absolute atomic E-state index is 12.1. The molecule has 0 radical (unpaired) electrons. The van der Waals surface area contributed by atoms with E-state index in [9.17, 15) is 18.5 Å². The summed E-state index contributed by atoms with van der Waals surface area (Å²) in [5, 5.41) is 10.8. The van der Waals surface area contributed by atoms with E-state index in [0.717, 1.165) is 0 Å². The molecule has 1 aromatic carbocycles. The van der Waals surface area contributed by atoms with Gasteiger partial charge in [0.05, 0.1) is 4.92 Å². The van der Waals surface area contributed by atoms with Crippen molar-refractivity contribution in [3.8, 4) is 0 Å². The highest BCUT2D eigenvalue weighted by atomic mass is 32.2. The van der Waals surface area contributed by atoms with Crippen molar-refractivity contribution in [1.29, 1.82) is 0 Å². The van der Waals surface area contributed by atoms with Crippen molar-refractivity contribution in [3.63, 3.8) is 0 Å². The summed E-state index contributed by atoms with van der Waals surface area (Å²) >= 11 is 0. The smallest absolute Gasteiger partial charge is 0.258 e. The first-order valence-corrected chi connectivity index (χ1v) is 6.36. The van der Waals surface area contributed by atoms with Gasteiger partial charge in [0.2, 0.25) is 10.0 Å². The Kier molecular flexibility index (Phi) is 2.95. The summed E-state index contributed by atoms with van der Waals surface area (Å²) in [5.74, 6) is 0. The van der Waals surface area contributed by atoms with E-state index >= 15 is 0 Å². The Morgan fingerprint density at radius 2 is 1.76 bits per heavy atom. The molecule has 0 atom stereocenters. The highest BCUT2D eigenvalue weighted by Crippen LogP contribution is 2.26. The van der Waals surface area contributed by atoms with Crippen molar-refractivity contribution in [1.82, 2.24) is 4.31 Å². The van der Waals surface area contributed by atoms with Crippen molar-refractivity contribution in [2.45, 2.75) is 4.90 Å². The zero-order chi connectivity index (χ0) is 12.5. The van der Waals surface area contributed by atoms with Crippen LogP contribution in [0.1, 0.15) is 0 Å². The highest BCUT2D eigenvalue weighted by Gasteiger charge is 2.31. The molecule has 0 amide bonds. The van der Waals surface area contributed by atoms with E-state index in [4.69, 9.17) is 0 Å². The zero-order valence-corrected chi connectivity index (χ0v) is 9.63. The Bertz CT molecular complexity index is 572. The highest BCUT2D eigenvalue weighted by molar-refractivity contribution is 7.89. The Morgan fingerprint density at radius 3 is 2.35 bits per heavy atom. The molecule has 2 rings (SSSR count). The van der Waals surface area contributed by atoms with Crippen LogP contribution in [-0.2, 0) is 10.0 Å². The molecule has 0 fully saturated rings. The van der Waals surface area contributed by atoms with E-state index in [0.29, 0.717) is 0 Å². The number of para-hydroxylation sites is 1. The van der Waals surface area contributed by atoms with Gasteiger partial charge in [0.1, 0.15) is 0 Å². The van der Waals surface area contributed by atoms with Gasteiger partial charge in [-0.15, -0.1) is 0 Å². The van der Waals surface area contributed by atoms with Crippen molar-refractivity contribution in [2.24, 2.45) is 0 Å². The van der Waals surface area contributed by atoms with Crippen LogP contribution in [0.4, 0.5) is 5.69 Å². The fourth-order valence-corrected chi connectivity index (χ4v) is 3.12. The van der Waals surface area contributed by atoms with Crippen LogP contribution in [0.5, 0.6) is 0 Å². The topological polar surface area (TPSA) is 80.5 Å². The number of benzene rings is 1. The van der Waals surface area contributed by atoms with Crippen molar-refractivity contribution in [3.05, 3.63) is 46.5 Å².